The van der Waals surface area contributed by atoms with E-state index in [0.717, 1.165) is 12.0 Å². The Balaban J connectivity index is 0.000000350. The predicted molar refractivity (Wildman–Crippen MR) is 179 cm³/mol. The van der Waals surface area contributed by atoms with E-state index in [-0.39, 0.29) is 0 Å². The van der Waals surface area contributed by atoms with Gasteiger partial charge in [0.25, 0.3) is 0 Å². The maximum absolute atomic E-state index is 4.02. The summed E-state index contributed by atoms with van der Waals surface area (Å²) in [4.78, 5) is 0. The molecule has 0 saturated carbocycles. The van der Waals surface area contributed by atoms with E-state index in [1.165, 1.54) is 76.6 Å². The summed E-state index contributed by atoms with van der Waals surface area (Å²) >= 11 is 0. The Morgan fingerprint density at radius 1 is 0.667 bits per heavy atom. The Hall–Kier alpha value is -3.12. The maximum Gasteiger partial charge on any atom is -0.0181 e. The number of hydrogen-bond acceptors (Lipinski definition) is 0. The second kappa shape index (κ2) is 19.0. The quantitative estimate of drug-likeness (QED) is 0.289. The third-order valence-corrected chi connectivity index (χ3v) is 6.74. The molecule has 39 heavy (non-hydrogen) atoms. The molecule has 0 radical (unpaired) electrons. The lowest BCUT2D eigenvalue weighted by atomic mass is 9.91. The third kappa shape index (κ3) is 11.3. The zero-order chi connectivity index (χ0) is 29.2. The van der Waals surface area contributed by atoms with Crippen molar-refractivity contribution in [2.24, 2.45) is 0 Å². The van der Waals surface area contributed by atoms with Crippen LogP contribution < -0.4 is 0 Å². The molecular weight excluding hydrogens is 468 g/mol. The Labute approximate surface area is 241 Å². The molecule has 0 N–H and O–H groups in total. The van der Waals surface area contributed by atoms with Crippen molar-refractivity contribution in [3.8, 4) is 11.1 Å². The van der Waals surface area contributed by atoms with Crippen LogP contribution in [0.1, 0.15) is 108 Å². The van der Waals surface area contributed by atoms with Crippen LogP contribution in [-0.2, 0) is 6.42 Å². The largest absolute Gasteiger partial charge is 0.0955 e. The average molecular weight is 523 g/mol. The van der Waals surface area contributed by atoms with E-state index < -0.39 is 0 Å². The molecule has 0 fully saturated rings. The standard InChI is InChI=1S/C19H22.C16H20.2C2H6/c1-5-6-16-7-9-17(10-8-16)18-11-12-19(14(2)3)15(4)13-18;1-3-4-14-7-11-16(12-8-14)15-9-5-13(2)6-10-15;2*1-2/h7-13H,2,5-6H2,1,3-4H3;5-7,9-11H,3-4,8,12H2,1-2H3;2*1-2H3. The summed E-state index contributed by atoms with van der Waals surface area (Å²) < 4.78 is 0. The van der Waals surface area contributed by atoms with Gasteiger partial charge in [-0.3, -0.25) is 0 Å². The molecule has 1 aliphatic carbocycles. The summed E-state index contributed by atoms with van der Waals surface area (Å²) in [5, 5.41) is 0. The van der Waals surface area contributed by atoms with E-state index >= 15 is 0 Å². The van der Waals surface area contributed by atoms with Crippen molar-refractivity contribution >= 4 is 11.1 Å². The molecule has 0 atom stereocenters. The summed E-state index contributed by atoms with van der Waals surface area (Å²) in [6, 6.07) is 24.4. The van der Waals surface area contributed by atoms with Gasteiger partial charge in [-0.15, -0.1) is 0 Å². The average Bonchev–Trinajstić information content (AvgIpc) is 2.97. The van der Waals surface area contributed by atoms with Crippen LogP contribution in [0.15, 0.2) is 91.0 Å². The Kier molecular flexibility index (Phi) is 16.5. The second-order valence-electron chi connectivity index (χ2n) is 9.89. The minimum Gasteiger partial charge on any atom is -0.0955 e. The topological polar surface area (TPSA) is 0 Å². The summed E-state index contributed by atoms with van der Waals surface area (Å²) in [5.74, 6) is 0. The molecule has 3 aromatic rings. The highest BCUT2D eigenvalue weighted by atomic mass is 14.1. The van der Waals surface area contributed by atoms with Crippen molar-refractivity contribution in [1.29, 1.82) is 0 Å². The first-order valence-corrected chi connectivity index (χ1v) is 15.2. The van der Waals surface area contributed by atoms with Gasteiger partial charge >= 0.3 is 0 Å². The monoisotopic (exact) mass is 522 g/mol. The van der Waals surface area contributed by atoms with Gasteiger partial charge in [-0.1, -0.05) is 157 Å². The van der Waals surface area contributed by atoms with Crippen LogP contribution in [0.2, 0.25) is 0 Å². The fraction of sp³-hybridized carbons (Fsp3) is 0.385. The Morgan fingerprint density at radius 3 is 1.72 bits per heavy atom. The van der Waals surface area contributed by atoms with Gasteiger partial charge in [-0.25, -0.2) is 0 Å². The lowest BCUT2D eigenvalue weighted by molar-refractivity contribution is 0.827. The van der Waals surface area contributed by atoms with E-state index in [2.05, 4.69) is 120 Å². The normalized spacial score (nSPS) is 11.8. The minimum absolute atomic E-state index is 1.13. The van der Waals surface area contributed by atoms with E-state index in [9.17, 15) is 0 Å². The first kappa shape index (κ1) is 33.9. The molecule has 0 heterocycles. The van der Waals surface area contributed by atoms with Crippen molar-refractivity contribution in [3.63, 3.8) is 0 Å². The molecule has 3 aromatic carbocycles. The van der Waals surface area contributed by atoms with Gasteiger partial charge in [-0.2, -0.15) is 0 Å². The van der Waals surface area contributed by atoms with Crippen LogP contribution in [0.5, 0.6) is 0 Å². The van der Waals surface area contributed by atoms with Crippen molar-refractivity contribution in [2.75, 3.05) is 0 Å². The van der Waals surface area contributed by atoms with Gasteiger partial charge < -0.3 is 0 Å². The fourth-order valence-corrected chi connectivity index (χ4v) is 4.69. The molecule has 0 unspecified atom stereocenters. The predicted octanol–water partition coefficient (Wildman–Crippen LogP) is 12.6. The van der Waals surface area contributed by atoms with Crippen molar-refractivity contribution < 1.29 is 0 Å². The van der Waals surface area contributed by atoms with Crippen molar-refractivity contribution in [2.45, 2.75) is 101 Å². The molecule has 1 aliphatic rings. The van der Waals surface area contributed by atoms with Gasteiger partial charge in [0.15, 0.2) is 0 Å². The minimum atomic E-state index is 1.13. The molecule has 0 heteroatoms. The molecule has 0 bridgehead atoms. The molecule has 0 aliphatic heterocycles. The summed E-state index contributed by atoms with van der Waals surface area (Å²) in [6.45, 7) is 22.8. The molecule has 0 aromatic heterocycles. The number of allylic oxidation sites excluding steroid dienone is 5. The molecule has 210 valence electrons. The van der Waals surface area contributed by atoms with Crippen LogP contribution >= 0.6 is 0 Å². The van der Waals surface area contributed by atoms with Gasteiger partial charge in [0, 0.05) is 0 Å². The molecule has 0 nitrogen and oxygen atoms in total. The highest BCUT2D eigenvalue weighted by Gasteiger charge is 2.07. The zero-order valence-corrected chi connectivity index (χ0v) is 26.5. The number of rotatable bonds is 7. The number of benzene rings is 3. The highest BCUT2D eigenvalue weighted by Crippen LogP contribution is 2.29. The summed E-state index contributed by atoms with van der Waals surface area (Å²) in [5.41, 5.74) is 13.5. The van der Waals surface area contributed by atoms with Crippen molar-refractivity contribution in [1.82, 2.24) is 0 Å². The second-order valence-corrected chi connectivity index (χ2v) is 9.89. The third-order valence-electron chi connectivity index (χ3n) is 6.74. The van der Waals surface area contributed by atoms with Crippen LogP contribution in [0.3, 0.4) is 0 Å². The fourth-order valence-electron chi connectivity index (χ4n) is 4.69. The summed E-state index contributed by atoms with van der Waals surface area (Å²) in [7, 11) is 0. The van der Waals surface area contributed by atoms with Crippen LogP contribution in [0.25, 0.3) is 22.3 Å². The first-order valence-electron chi connectivity index (χ1n) is 15.2. The molecule has 0 spiro atoms. The zero-order valence-electron chi connectivity index (χ0n) is 26.5. The number of hydrogen-bond donors (Lipinski definition) is 0. The maximum atomic E-state index is 4.02. The smallest absolute Gasteiger partial charge is 0.0181 e. The van der Waals surface area contributed by atoms with E-state index in [1.807, 2.05) is 27.7 Å². The van der Waals surface area contributed by atoms with Crippen molar-refractivity contribution in [3.05, 3.63) is 119 Å². The highest BCUT2D eigenvalue weighted by molar-refractivity contribution is 5.71. The SMILES string of the molecule is C=C(C)c1ccc(-c2ccc(CCC)cc2)cc1C.CC.CC.CCCC1=CC=C(c2ccc(C)cc2)CC1. The molecule has 4 rings (SSSR count). The van der Waals surface area contributed by atoms with Gasteiger partial charge in [0.1, 0.15) is 0 Å². The van der Waals surface area contributed by atoms with E-state index in [0.29, 0.717) is 0 Å². The number of aryl methyl sites for hydroxylation is 3. The van der Waals surface area contributed by atoms with Crippen LogP contribution in [-0.4, -0.2) is 0 Å². The first-order chi connectivity index (χ1) is 18.9. The van der Waals surface area contributed by atoms with Gasteiger partial charge in [0.05, 0.1) is 0 Å². The van der Waals surface area contributed by atoms with Crippen LogP contribution in [0.4, 0.5) is 0 Å². The van der Waals surface area contributed by atoms with E-state index in [4.69, 9.17) is 0 Å². The van der Waals surface area contributed by atoms with Crippen LogP contribution in [0, 0.1) is 13.8 Å². The molecular formula is C39H54. The Morgan fingerprint density at radius 2 is 1.23 bits per heavy atom. The Bertz CT molecular complexity index is 1170. The summed E-state index contributed by atoms with van der Waals surface area (Å²) in [6.07, 6.45) is 12.0. The van der Waals surface area contributed by atoms with E-state index in [1.54, 1.807) is 5.57 Å². The molecule has 0 amide bonds. The van der Waals surface area contributed by atoms with Gasteiger partial charge in [0.2, 0.25) is 0 Å². The molecule has 0 saturated heterocycles. The lowest BCUT2D eigenvalue weighted by Gasteiger charge is -2.14. The van der Waals surface area contributed by atoms with Gasteiger partial charge in [-0.05, 0) is 85.4 Å². The lowest BCUT2D eigenvalue weighted by Crippen LogP contribution is -1.93.